The van der Waals surface area contributed by atoms with Crippen LogP contribution in [0, 0.1) is 0 Å². The van der Waals surface area contributed by atoms with E-state index >= 15 is 0 Å². The van der Waals surface area contributed by atoms with E-state index in [0.717, 1.165) is 18.1 Å². The van der Waals surface area contributed by atoms with Crippen molar-refractivity contribution < 1.29 is 0 Å². The maximum atomic E-state index is 3.78. The highest BCUT2D eigenvalue weighted by atomic mass is 32.2. The molecule has 2 atom stereocenters. The van der Waals surface area contributed by atoms with Crippen LogP contribution in [0.25, 0.3) is 0 Å². The maximum Gasteiger partial charge on any atom is 0.0210 e. The lowest BCUT2D eigenvalue weighted by molar-refractivity contribution is 0.253. The third-order valence-corrected chi connectivity index (χ3v) is 5.55. The van der Waals surface area contributed by atoms with Gasteiger partial charge in [-0.25, -0.2) is 0 Å². The first-order valence-electron chi connectivity index (χ1n) is 7.62. The number of nitrogens with zero attached hydrogens (tertiary/aromatic N) is 2. The van der Waals surface area contributed by atoms with Gasteiger partial charge in [0.05, 0.1) is 0 Å². The summed E-state index contributed by atoms with van der Waals surface area (Å²) in [6.45, 7) is 8.71. The van der Waals surface area contributed by atoms with Crippen molar-refractivity contribution in [2.75, 3.05) is 44.2 Å². The molecule has 2 unspecified atom stereocenters. The molecule has 18 heavy (non-hydrogen) atoms. The predicted octanol–water partition coefficient (Wildman–Crippen LogP) is 1.25. The second-order valence-electron chi connectivity index (χ2n) is 6.12. The van der Waals surface area contributed by atoms with Crippen LogP contribution < -0.4 is 5.32 Å². The first-order valence-corrected chi connectivity index (χ1v) is 8.77. The van der Waals surface area contributed by atoms with Crippen molar-refractivity contribution in [3.63, 3.8) is 0 Å². The molecule has 3 fully saturated rings. The lowest BCUT2D eigenvalue weighted by Crippen LogP contribution is -2.41. The molecule has 2 heterocycles. The average Bonchev–Trinajstić information content (AvgIpc) is 3.15. The summed E-state index contributed by atoms with van der Waals surface area (Å²) in [7, 11) is 0. The standard InChI is InChI=1S/C14H27N3S/c1-12-10-13(11-17(12)14-2-3-14)15-4-5-16-6-8-18-9-7-16/h12-15H,2-11H2,1H3. The van der Waals surface area contributed by atoms with E-state index in [2.05, 4.69) is 33.8 Å². The van der Waals surface area contributed by atoms with E-state index in [1.165, 1.54) is 63.5 Å². The summed E-state index contributed by atoms with van der Waals surface area (Å²) in [4.78, 5) is 5.34. The minimum atomic E-state index is 0.750. The molecule has 2 aliphatic heterocycles. The van der Waals surface area contributed by atoms with Crippen LogP contribution in [0.5, 0.6) is 0 Å². The molecule has 3 aliphatic rings. The number of rotatable bonds is 5. The molecule has 0 spiro atoms. The fourth-order valence-electron chi connectivity index (χ4n) is 3.37. The molecule has 0 aromatic rings. The Morgan fingerprint density at radius 2 is 2.00 bits per heavy atom. The molecular formula is C14H27N3S. The van der Waals surface area contributed by atoms with Gasteiger partial charge in [0.15, 0.2) is 0 Å². The Morgan fingerprint density at radius 1 is 1.22 bits per heavy atom. The molecule has 3 nitrogen and oxygen atoms in total. The minimum absolute atomic E-state index is 0.750. The van der Waals surface area contributed by atoms with Crippen molar-refractivity contribution in [1.82, 2.24) is 15.1 Å². The van der Waals surface area contributed by atoms with Crippen LogP contribution in [0.15, 0.2) is 0 Å². The SMILES string of the molecule is CC1CC(NCCN2CCSCC2)CN1C1CC1. The summed E-state index contributed by atoms with van der Waals surface area (Å²) < 4.78 is 0. The monoisotopic (exact) mass is 269 g/mol. The van der Waals surface area contributed by atoms with Gasteiger partial charge in [0, 0.05) is 62.4 Å². The van der Waals surface area contributed by atoms with Crippen LogP contribution in [0.3, 0.4) is 0 Å². The number of hydrogen-bond acceptors (Lipinski definition) is 4. The second kappa shape index (κ2) is 6.12. The summed E-state index contributed by atoms with van der Waals surface area (Å²) in [5.41, 5.74) is 0. The summed E-state index contributed by atoms with van der Waals surface area (Å²) >= 11 is 2.10. The highest BCUT2D eigenvalue weighted by molar-refractivity contribution is 7.99. The van der Waals surface area contributed by atoms with Gasteiger partial charge < -0.3 is 10.2 Å². The molecule has 104 valence electrons. The van der Waals surface area contributed by atoms with Gasteiger partial charge in [-0.2, -0.15) is 11.8 Å². The van der Waals surface area contributed by atoms with Crippen molar-refractivity contribution >= 4 is 11.8 Å². The Morgan fingerprint density at radius 3 is 2.72 bits per heavy atom. The van der Waals surface area contributed by atoms with Crippen LogP contribution in [-0.4, -0.2) is 72.2 Å². The third kappa shape index (κ3) is 3.41. The molecule has 4 heteroatoms. The zero-order valence-corrected chi connectivity index (χ0v) is 12.4. The van der Waals surface area contributed by atoms with Crippen LogP contribution in [0.1, 0.15) is 26.2 Å². The Kier molecular flexibility index (Phi) is 4.50. The Balaban J connectivity index is 1.33. The van der Waals surface area contributed by atoms with Gasteiger partial charge in [-0.1, -0.05) is 0 Å². The quantitative estimate of drug-likeness (QED) is 0.809. The summed E-state index contributed by atoms with van der Waals surface area (Å²) in [5, 5.41) is 3.78. The number of hydrogen-bond donors (Lipinski definition) is 1. The van der Waals surface area contributed by atoms with Crippen molar-refractivity contribution in [1.29, 1.82) is 0 Å². The molecule has 0 aromatic heterocycles. The molecule has 0 amide bonds. The molecule has 1 saturated carbocycles. The van der Waals surface area contributed by atoms with Crippen LogP contribution >= 0.6 is 11.8 Å². The lowest BCUT2D eigenvalue weighted by Gasteiger charge is -2.26. The van der Waals surface area contributed by atoms with Crippen molar-refractivity contribution in [3.05, 3.63) is 0 Å². The molecule has 0 radical (unpaired) electrons. The zero-order chi connectivity index (χ0) is 12.4. The number of nitrogens with one attached hydrogen (secondary N) is 1. The Labute approximate surface area is 116 Å². The van der Waals surface area contributed by atoms with Crippen molar-refractivity contribution in [3.8, 4) is 0 Å². The summed E-state index contributed by atoms with van der Waals surface area (Å²) in [6, 6.07) is 2.49. The molecule has 3 rings (SSSR count). The number of likely N-dealkylation sites (tertiary alicyclic amines) is 1. The van der Waals surface area contributed by atoms with E-state index in [9.17, 15) is 0 Å². The molecular weight excluding hydrogens is 242 g/mol. The first kappa shape index (κ1) is 13.2. The van der Waals surface area contributed by atoms with Gasteiger partial charge in [0.25, 0.3) is 0 Å². The topological polar surface area (TPSA) is 18.5 Å². The van der Waals surface area contributed by atoms with Gasteiger partial charge >= 0.3 is 0 Å². The van der Waals surface area contributed by atoms with E-state index in [0.29, 0.717) is 0 Å². The second-order valence-corrected chi connectivity index (χ2v) is 7.34. The van der Waals surface area contributed by atoms with Crippen molar-refractivity contribution in [2.24, 2.45) is 0 Å². The molecule has 0 bridgehead atoms. The van der Waals surface area contributed by atoms with E-state index < -0.39 is 0 Å². The van der Waals surface area contributed by atoms with Gasteiger partial charge in [-0.3, -0.25) is 4.90 Å². The highest BCUT2D eigenvalue weighted by Gasteiger charge is 2.38. The smallest absolute Gasteiger partial charge is 0.0210 e. The average molecular weight is 269 g/mol. The maximum absolute atomic E-state index is 3.78. The predicted molar refractivity (Wildman–Crippen MR) is 79.4 cm³/mol. The van der Waals surface area contributed by atoms with Crippen LogP contribution in [-0.2, 0) is 0 Å². The summed E-state index contributed by atoms with van der Waals surface area (Å²) in [5.74, 6) is 2.66. The fourth-order valence-corrected chi connectivity index (χ4v) is 4.35. The van der Waals surface area contributed by atoms with E-state index in [-0.39, 0.29) is 0 Å². The normalized spacial score (nSPS) is 35.2. The number of thioether (sulfide) groups is 1. The molecule has 1 N–H and O–H groups in total. The van der Waals surface area contributed by atoms with Gasteiger partial charge in [0.2, 0.25) is 0 Å². The fraction of sp³-hybridized carbons (Fsp3) is 1.00. The highest BCUT2D eigenvalue weighted by Crippen LogP contribution is 2.33. The zero-order valence-electron chi connectivity index (χ0n) is 11.6. The van der Waals surface area contributed by atoms with E-state index in [4.69, 9.17) is 0 Å². The van der Waals surface area contributed by atoms with Crippen LogP contribution in [0.2, 0.25) is 0 Å². The first-order chi connectivity index (χ1) is 8.83. The molecule has 2 saturated heterocycles. The minimum Gasteiger partial charge on any atom is -0.311 e. The summed E-state index contributed by atoms with van der Waals surface area (Å²) in [6.07, 6.45) is 4.25. The largest absolute Gasteiger partial charge is 0.311 e. The Hall–Kier alpha value is 0.230. The van der Waals surface area contributed by atoms with Gasteiger partial charge in [0.1, 0.15) is 0 Å². The van der Waals surface area contributed by atoms with E-state index in [1.54, 1.807) is 0 Å². The molecule has 1 aliphatic carbocycles. The van der Waals surface area contributed by atoms with Gasteiger partial charge in [-0.05, 0) is 26.2 Å². The third-order valence-electron chi connectivity index (χ3n) is 4.60. The lowest BCUT2D eigenvalue weighted by atomic mass is 10.2. The van der Waals surface area contributed by atoms with Crippen molar-refractivity contribution in [2.45, 2.75) is 44.3 Å². The molecule has 0 aromatic carbocycles. The van der Waals surface area contributed by atoms with Crippen LogP contribution in [0.4, 0.5) is 0 Å². The van der Waals surface area contributed by atoms with Gasteiger partial charge in [-0.15, -0.1) is 0 Å². The van der Waals surface area contributed by atoms with E-state index in [1.807, 2.05) is 0 Å². The Bertz CT molecular complexity index is 264.